The summed E-state index contributed by atoms with van der Waals surface area (Å²) in [6.45, 7) is 4.69. The maximum atomic E-state index is 13.4. The fourth-order valence-electron chi connectivity index (χ4n) is 1.07. The molecule has 0 aliphatic carbocycles. The molecule has 0 heterocycles. The quantitative estimate of drug-likeness (QED) is 0.663. The molecule has 0 aliphatic rings. The van der Waals surface area contributed by atoms with Crippen molar-refractivity contribution in [1.82, 2.24) is 0 Å². The fourth-order valence-corrected chi connectivity index (χ4v) is 1.51. The zero-order valence-corrected chi connectivity index (χ0v) is 10.9. The standard InChI is InChI=1S/C11H15BrFN3/c1-7(2)6-15-11(14)16-10-8(12)4-3-5-9(10)13/h3-5,7H,6H2,1-2H3,(H3,14,15,16). The molecular formula is C11H15BrFN3. The highest BCUT2D eigenvalue weighted by molar-refractivity contribution is 9.10. The molecule has 0 spiro atoms. The van der Waals surface area contributed by atoms with Crippen molar-refractivity contribution < 1.29 is 4.39 Å². The molecule has 0 bridgehead atoms. The van der Waals surface area contributed by atoms with Crippen LogP contribution in [0.2, 0.25) is 0 Å². The molecule has 1 aromatic rings. The number of hydrogen-bond donors (Lipinski definition) is 2. The summed E-state index contributed by atoms with van der Waals surface area (Å²) in [6, 6.07) is 4.72. The lowest BCUT2D eigenvalue weighted by Gasteiger charge is -2.09. The van der Waals surface area contributed by atoms with Gasteiger partial charge in [-0.25, -0.2) is 4.39 Å². The molecule has 5 heteroatoms. The molecule has 0 amide bonds. The van der Waals surface area contributed by atoms with E-state index in [0.717, 1.165) is 0 Å². The number of hydrogen-bond acceptors (Lipinski definition) is 1. The number of aliphatic imine (C=N–C) groups is 1. The Morgan fingerprint density at radius 1 is 1.56 bits per heavy atom. The highest BCUT2D eigenvalue weighted by atomic mass is 79.9. The first kappa shape index (κ1) is 13.0. The van der Waals surface area contributed by atoms with Crippen LogP contribution in [0.25, 0.3) is 0 Å². The van der Waals surface area contributed by atoms with Gasteiger partial charge in [-0.05, 0) is 34.0 Å². The summed E-state index contributed by atoms with van der Waals surface area (Å²) >= 11 is 3.24. The van der Waals surface area contributed by atoms with E-state index in [1.165, 1.54) is 6.07 Å². The van der Waals surface area contributed by atoms with Gasteiger partial charge in [0.25, 0.3) is 0 Å². The number of para-hydroxylation sites is 1. The molecule has 88 valence electrons. The lowest BCUT2D eigenvalue weighted by Crippen LogP contribution is -2.24. The van der Waals surface area contributed by atoms with E-state index < -0.39 is 0 Å². The topological polar surface area (TPSA) is 50.4 Å². The van der Waals surface area contributed by atoms with Crippen LogP contribution in [-0.4, -0.2) is 12.5 Å². The molecule has 0 atom stereocenters. The number of halogens is 2. The second-order valence-corrected chi connectivity index (χ2v) is 4.70. The lowest BCUT2D eigenvalue weighted by molar-refractivity contribution is 0.631. The van der Waals surface area contributed by atoms with Crippen molar-refractivity contribution in [1.29, 1.82) is 0 Å². The van der Waals surface area contributed by atoms with Crippen molar-refractivity contribution in [2.75, 3.05) is 11.9 Å². The van der Waals surface area contributed by atoms with Crippen LogP contribution in [0.1, 0.15) is 13.8 Å². The van der Waals surface area contributed by atoms with Gasteiger partial charge in [-0.1, -0.05) is 19.9 Å². The van der Waals surface area contributed by atoms with Gasteiger partial charge in [-0.3, -0.25) is 4.99 Å². The van der Waals surface area contributed by atoms with Gasteiger partial charge >= 0.3 is 0 Å². The maximum absolute atomic E-state index is 13.4. The van der Waals surface area contributed by atoms with Gasteiger partial charge in [0, 0.05) is 11.0 Å². The molecule has 3 N–H and O–H groups in total. The SMILES string of the molecule is CC(C)CN=C(N)Nc1c(F)cccc1Br. The third-order valence-electron chi connectivity index (χ3n) is 1.84. The Kier molecular flexibility index (Phi) is 4.73. The van der Waals surface area contributed by atoms with E-state index in [9.17, 15) is 4.39 Å². The van der Waals surface area contributed by atoms with Crippen molar-refractivity contribution in [3.05, 3.63) is 28.5 Å². The van der Waals surface area contributed by atoms with Crippen molar-refractivity contribution in [2.45, 2.75) is 13.8 Å². The number of rotatable bonds is 3. The zero-order chi connectivity index (χ0) is 12.1. The van der Waals surface area contributed by atoms with Gasteiger partial charge in [-0.15, -0.1) is 0 Å². The van der Waals surface area contributed by atoms with Crippen molar-refractivity contribution >= 4 is 27.6 Å². The van der Waals surface area contributed by atoms with E-state index in [1.54, 1.807) is 12.1 Å². The second kappa shape index (κ2) is 5.84. The molecule has 0 saturated heterocycles. The molecule has 16 heavy (non-hydrogen) atoms. The predicted octanol–water partition coefficient (Wildman–Crippen LogP) is 2.97. The van der Waals surface area contributed by atoms with Crippen molar-refractivity contribution in [3.63, 3.8) is 0 Å². The number of guanidine groups is 1. The van der Waals surface area contributed by atoms with Crippen LogP contribution in [0.15, 0.2) is 27.7 Å². The van der Waals surface area contributed by atoms with Crippen LogP contribution >= 0.6 is 15.9 Å². The molecule has 0 fully saturated rings. The first-order valence-corrected chi connectivity index (χ1v) is 5.81. The average Bonchev–Trinajstić information content (AvgIpc) is 2.21. The van der Waals surface area contributed by atoms with Gasteiger partial charge in [0.15, 0.2) is 5.96 Å². The summed E-state index contributed by atoms with van der Waals surface area (Å²) in [5, 5.41) is 2.74. The minimum atomic E-state index is -0.364. The minimum Gasteiger partial charge on any atom is -0.370 e. The molecular weight excluding hydrogens is 273 g/mol. The monoisotopic (exact) mass is 287 g/mol. The average molecular weight is 288 g/mol. The third-order valence-corrected chi connectivity index (χ3v) is 2.50. The van der Waals surface area contributed by atoms with E-state index in [4.69, 9.17) is 5.73 Å². The second-order valence-electron chi connectivity index (χ2n) is 3.84. The molecule has 0 aliphatic heterocycles. The van der Waals surface area contributed by atoms with Crippen LogP contribution in [-0.2, 0) is 0 Å². The normalized spacial score (nSPS) is 11.9. The van der Waals surface area contributed by atoms with Gasteiger partial charge in [0.2, 0.25) is 0 Å². The first-order chi connectivity index (χ1) is 7.50. The van der Waals surface area contributed by atoms with E-state index >= 15 is 0 Å². The van der Waals surface area contributed by atoms with Gasteiger partial charge in [0.1, 0.15) is 5.82 Å². The van der Waals surface area contributed by atoms with E-state index in [0.29, 0.717) is 22.6 Å². The summed E-state index contributed by atoms with van der Waals surface area (Å²) < 4.78 is 14.0. The van der Waals surface area contributed by atoms with Gasteiger partial charge < -0.3 is 11.1 Å². The predicted molar refractivity (Wildman–Crippen MR) is 69.1 cm³/mol. The molecule has 0 aromatic heterocycles. The summed E-state index contributed by atoms with van der Waals surface area (Å²) in [5.74, 6) is 0.279. The Bertz CT molecular complexity index is 371. The Balaban J connectivity index is 2.76. The smallest absolute Gasteiger partial charge is 0.193 e. The summed E-state index contributed by atoms with van der Waals surface area (Å²) in [5.41, 5.74) is 5.96. The van der Waals surface area contributed by atoms with E-state index in [1.807, 2.05) is 13.8 Å². The van der Waals surface area contributed by atoms with Gasteiger partial charge in [-0.2, -0.15) is 0 Å². The van der Waals surface area contributed by atoms with Crippen LogP contribution in [0.4, 0.5) is 10.1 Å². The van der Waals surface area contributed by atoms with E-state index in [2.05, 4.69) is 26.2 Å². The van der Waals surface area contributed by atoms with Crippen LogP contribution in [0.5, 0.6) is 0 Å². The van der Waals surface area contributed by atoms with Crippen molar-refractivity contribution in [2.24, 2.45) is 16.6 Å². The van der Waals surface area contributed by atoms with Crippen LogP contribution in [0, 0.1) is 11.7 Å². The highest BCUT2D eigenvalue weighted by Crippen LogP contribution is 2.24. The van der Waals surface area contributed by atoms with Crippen LogP contribution in [0.3, 0.4) is 0 Å². The Hall–Kier alpha value is -1.10. The molecule has 0 saturated carbocycles. The minimum absolute atomic E-state index is 0.222. The molecule has 1 rings (SSSR count). The Morgan fingerprint density at radius 3 is 2.81 bits per heavy atom. The number of nitrogens with two attached hydrogens (primary N) is 1. The Labute approximate surface area is 103 Å². The molecule has 0 radical (unpaired) electrons. The number of nitrogens with one attached hydrogen (secondary N) is 1. The van der Waals surface area contributed by atoms with E-state index in [-0.39, 0.29) is 11.8 Å². The largest absolute Gasteiger partial charge is 0.370 e. The number of anilines is 1. The van der Waals surface area contributed by atoms with Crippen LogP contribution < -0.4 is 11.1 Å². The van der Waals surface area contributed by atoms with Crippen molar-refractivity contribution in [3.8, 4) is 0 Å². The first-order valence-electron chi connectivity index (χ1n) is 5.01. The zero-order valence-electron chi connectivity index (χ0n) is 9.30. The van der Waals surface area contributed by atoms with Gasteiger partial charge in [0.05, 0.1) is 5.69 Å². The third kappa shape index (κ3) is 3.81. The number of nitrogens with zero attached hydrogens (tertiary/aromatic N) is 1. The number of benzene rings is 1. The fraction of sp³-hybridized carbons (Fsp3) is 0.364. The molecule has 0 unspecified atom stereocenters. The Morgan fingerprint density at radius 2 is 2.25 bits per heavy atom. The summed E-state index contributed by atoms with van der Waals surface area (Å²) in [6.07, 6.45) is 0. The summed E-state index contributed by atoms with van der Waals surface area (Å²) in [4.78, 5) is 4.10. The maximum Gasteiger partial charge on any atom is 0.193 e. The summed E-state index contributed by atoms with van der Waals surface area (Å²) in [7, 11) is 0. The molecule has 3 nitrogen and oxygen atoms in total. The molecule has 1 aromatic carbocycles. The highest BCUT2D eigenvalue weighted by Gasteiger charge is 2.06. The lowest BCUT2D eigenvalue weighted by atomic mass is 10.2.